The lowest BCUT2D eigenvalue weighted by Crippen LogP contribution is -2.48. The Hall–Kier alpha value is -1.68. The van der Waals surface area contributed by atoms with Crippen molar-refractivity contribution in [2.24, 2.45) is 0 Å². The Morgan fingerprint density at radius 1 is 1.17 bits per heavy atom. The van der Waals surface area contributed by atoms with Crippen LogP contribution in [0.5, 0.6) is 0 Å². The SMILES string of the molecule is CCN1CCN(C(=O)c2ccc(C=O)cc2)CC1. The standard InChI is InChI=1S/C14H18N2O2/c1-2-15-7-9-16(10-8-15)14(18)13-5-3-12(11-17)4-6-13/h3-6,11H,2,7-10H2,1H3. The van der Waals surface area contributed by atoms with Gasteiger partial charge in [-0.25, -0.2) is 0 Å². The van der Waals surface area contributed by atoms with Crippen LogP contribution >= 0.6 is 0 Å². The first-order valence-corrected chi connectivity index (χ1v) is 6.31. The van der Waals surface area contributed by atoms with Gasteiger partial charge >= 0.3 is 0 Å². The van der Waals surface area contributed by atoms with E-state index in [-0.39, 0.29) is 5.91 Å². The molecule has 4 nitrogen and oxygen atoms in total. The molecule has 0 atom stereocenters. The minimum absolute atomic E-state index is 0.0585. The third kappa shape index (κ3) is 2.76. The average Bonchev–Trinajstić information content (AvgIpc) is 2.47. The molecule has 1 aromatic carbocycles. The van der Waals surface area contributed by atoms with Crippen molar-refractivity contribution in [1.82, 2.24) is 9.80 Å². The van der Waals surface area contributed by atoms with Crippen LogP contribution in [-0.4, -0.2) is 54.7 Å². The van der Waals surface area contributed by atoms with Gasteiger partial charge in [-0.15, -0.1) is 0 Å². The summed E-state index contributed by atoms with van der Waals surface area (Å²) in [7, 11) is 0. The highest BCUT2D eigenvalue weighted by molar-refractivity contribution is 5.95. The van der Waals surface area contributed by atoms with Crippen molar-refractivity contribution >= 4 is 12.2 Å². The van der Waals surface area contributed by atoms with Gasteiger partial charge in [0, 0.05) is 37.3 Å². The molecule has 0 aromatic heterocycles. The fourth-order valence-corrected chi connectivity index (χ4v) is 2.15. The van der Waals surface area contributed by atoms with Crippen molar-refractivity contribution in [3.05, 3.63) is 35.4 Å². The molecule has 1 aliphatic rings. The number of hydrogen-bond donors (Lipinski definition) is 0. The zero-order chi connectivity index (χ0) is 13.0. The van der Waals surface area contributed by atoms with E-state index >= 15 is 0 Å². The molecule has 0 unspecified atom stereocenters. The van der Waals surface area contributed by atoms with Crippen LogP contribution in [0.4, 0.5) is 0 Å². The highest BCUT2D eigenvalue weighted by Crippen LogP contribution is 2.09. The smallest absolute Gasteiger partial charge is 0.253 e. The number of aldehydes is 1. The molecular formula is C14H18N2O2. The Morgan fingerprint density at radius 3 is 2.28 bits per heavy atom. The molecule has 18 heavy (non-hydrogen) atoms. The van der Waals surface area contributed by atoms with E-state index in [0.717, 1.165) is 39.0 Å². The molecule has 96 valence electrons. The van der Waals surface area contributed by atoms with Crippen molar-refractivity contribution in [2.75, 3.05) is 32.7 Å². The molecule has 0 N–H and O–H groups in total. The topological polar surface area (TPSA) is 40.6 Å². The van der Waals surface area contributed by atoms with Crippen LogP contribution in [0.2, 0.25) is 0 Å². The fraction of sp³-hybridized carbons (Fsp3) is 0.429. The summed E-state index contributed by atoms with van der Waals surface area (Å²) in [6.07, 6.45) is 0.786. The molecule has 1 aromatic rings. The van der Waals surface area contributed by atoms with Gasteiger partial charge in [-0.05, 0) is 18.7 Å². The summed E-state index contributed by atoms with van der Waals surface area (Å²) in [6.45, 7) is 6.61. The first-order chi connectivity index (χ1) is 8.74. The molecule has 0 aliphatic carbocycles. The Kier molecular flexibility index (Phi) is 4.10. The lowest BCUT2D eigenvalue weighted by molar-refractivity contribution is 0.0643. The van der Waals surface area contributed by atoms with Crippen LogP contribution < -0.4 is 0 Å². The van der Waals surface area contributed by atoms with E-state index in [1.165, 1.54) is 0 Å². The molecule has 0 bridgehead atoms. The van der Waals surface area contributed by atoms with Gasteiger partial charge in [-0.3, -0.25) is 9.59 Å². The normalized spacial score (nSPS) is 16.6. The predicted molar refractivity (Wildman–Crippen MR) is 69.8 cm³/mol. The number of benzene rings is 1. The first kappa shape index (κ1) is 12.8. The fourth-order valence-electron chi connectivity index (χ4n) is 2.15. The van der Waals surface area contributed by atoms with Gasteiger partial charge in [0.15, 0.2) is 0 Å². The van der Waals surface area contributed by atoms with E-state index in [2.05, 4.69) is 11.8 Å². The molecular weight excluding hydrogens is 228 g/mol. The van der Waals surface area contributed by atoms with Crippen molar-refractivity contribution in [2.45, 2.75) is 6.92 Å². The highest BCUT2D eigenvalue weighted by atomic mass is 16.2. The Balaban J connectivity index is 2.00. The summed E-state index contributed by atoms with van der Waals surface area (Å²) in [6, 6.07) is 6.81. The summed E-state index contributed by atoms with van der Waals surface area (Å²) in [5, 5.41) is 0. The number of piperazine rings is 1. The number of hydrogen-bond acceptors (Lipinski definition) is 3. The van der Waals surface area contributed by atoms with Crippen LogP contribution in [0.3, 0.4) is 0 Å². The number of rotatable bonds is 3. The van der Waals surface area contributed by atoms with E-state index in [0.29, 0.717) is 11.1 Å². The van der Waals surface area contributed by atoms with Crippen molar-refractivity contribution in [3.8, 4) is 0 Å². The lowest BCUT2D eigenvalue weighted by Gasteiger charge is -2.34. The maximum Gasteiger partial charge on any atom is 0.253 e. The van der Waals surface area contributed by atoms with Crippen LogP contribution in [-0.2, 0) is 0 Å². The summed E-state index contributed by atoms with van der Waals surface area (Å²) in [4.78, 5) is 27.0. The third-order valence-corrected chi connectivity index (χ3v) is 3.40. The first-order valence-electron chi connectivity index (χ1n) is 6.31. The van der Waals surface area contributed by atoms with Crippen molar-refractivity contribution in [3.63, 3.8) is 0 Å². The zero-order valence-corrected chi connectivity index (χ0v) is 10.6. The lowest BCUT2D eigenvalue weighted by atomic mass is 10.1. The van der Waals surface area contributed by atoms with Crippen molar-refractivity contribution in [1.29, 1.82) is 0 Å². The Bertz CT molecular complexity index is 420. The summed E-state index contributed by atoms with van der Waals surface area (Å²) >= 11 is 0. The number of amides is 1. The van der Waals surface area contributed by atoms with Crippen LogP contribution in [0.15, 0.2) is 24.3 Å². The molecule has 0 saturated carbocycles. The number of carbonyl (C=O) groups excluding carboxylic acids is 2. The molecule has 4 heteroatoms. The summed E-state index contributed by atoms with van der Waals surface area (Å²) in [5.74, 6) is 0.0585. The quantitative estimate of drug-likeness (QED) is 0.754. The number of likely N-dealkylation sites (N-methyl/N-ethyl adjacent to an activating group) is 1. The predicted octanol–water partition coefficient (Wildman–Crippen LogP) is 1.28. The molecule has 0 spiro atoms. The monoisotopic (exact) mass is 246 g/mol. The highest BCUT2D eigenvalue weighted by Gasteiger charge is 2.20. The van der Waals surface area contributed by atoms with Crippen LogP contribution in [0.1, 0.15) is 27.6 Å². The molecule has 1 fully saturated rings. The maximum absolute atomic E-state index is 12.2. The van der Waals surface area contributed by atoms with E-state index in [4.69, 9.17) is 0 Å². The average molecular weight is 246 g/mol. The second kappa shape index (κ2) is 5.78. The van der Waals surface area contributed by atoms with Gasteiger partial charge in [0.2, 0.25) is 0 Å². The summed E-state index contributed by atoms with van der Waals surface area (Å²) in [5.41, 5.74) is 1.26. The van der Waals surface area contributed by atoms with Crippen LogP contribution in [0, 0.1) is 0 Å². The van der Waals surface area contributed by atoms with E-state index in [9.17, 15) is 9.59 Å². The third-order valence-electron chi connectivity index (χ3n) is 3.40. The number of nitrogens with zero attached hydrogens (tertiary/aromatic N) is 2. The van der Waals surface area contributed by atoms with Gasteiger partial charge in [-0.1, -0.05) is 19.1 Å². The van der Waals surface area contributed by atoms with Gasteiger partial charge < -0.3 is 9.80 Å². The van der Waals surface area contributed by atoms with Crippen LogP contribution in [0.25, 0.3) is 0 Å². The van der Waals surface area contributed by atoms with E-state index in [1.807, 2.05) is 4.90 Å². The Labute approximate surface area is 107 Å². The summed E-state index contributed by atoms with van der Waals surface area (Å²) < 4.78 is 0. The number of carbonyl (C=O) groups is 2. The van der Waals surface area contributed by atoms with Crippen molar-refractivity contribution < 1.29 is 9.59 Å². The van der Waals surface area contributed by atoms with Gasteiger partial charge in [-0.2, -0.15) is 0 Å². The Morgan fingerprint density at radius 2 is 1.78 bits per heavy atom. The molecule has 1 amide bonds. The van der Waals surface area contributed by atoms with E-state index < -0.39 is 0 Å². The van der Waals surface area contributed by atoms with Gasteiger partial charge in [0.25, 0.3) is 5.91 Å². The largest absolute Gasteiger partial charge is 0.336 e. The molecule has 1 heterocycles. The molecule has 1 aliphatic heterocycles. The molecule has 0 radical (unpaired) electrons. The maximum atomic E-state index is 12.2. The molecule has 1 saturated heterocycles. The van der Waals surface area contributed by atoms with E-state index in [1.54, 1.807) is 24.3 Å². The minimum atomic E-state index is 0.0585. The van der Waals surface area contributed by atoms with Gasteiger partial charge in [0.05, 0.1) is 0 Å². The molecule has 2 rings (SSSR count). The zero-order valence-electron chi connectivity index (χ0n) is 10.6. The minimum Gasteiger partial charge on any atom is -0.336 e. The second-order valence-electron chi connectivity index (χ2n) is 4.47. The van der Waals surface area contributed by atoms with Gasteiger partial charge in [0.1, 0.15) is 6.29 Å². The second-order valence-corrected chi connectivity index (χ2v) is 4.47.